The summed E-state index contributed by atoms with van der Waals surface area (Å²) in [5.41, 5.74) is 0. The van der Waals surface area contributed by atoms with Crippen LogP contribution in [0.25, 0.3) is 0 Å². The van der Waals surface area contributed by atoms with Crippen molar-refractivity contribution in [2.75, 3.05) is 18.0 Å². The molecule has 1 aliphatic rings. The van der Waals surface area contributed by atoms with Gasteiger partial charge in [-0.25, -0.2) is 9.97 Å². The van der Waals surface area contributed by atoms with Crippen molar-refractivity contribution >= 4 is 11.7 Å². The topological polar surface area (TPSA) is 75.9 Å². The van der Waals surface area contributed by atoms with Crippen molar-refractivity contribution in [1.29, 1.82) is 0 Å². The average Bonchev–Trinajstić information content (AvgIpc) is 3.12. The molecule has 0 saturated carbocycles. The second kappa shape index (κ2) is 6.13. The van der Waals surface area contributed by atoms with E-state index in [-0.39, 0.29) is 11.8 Å². The van der Waals surface area contributed by atoms with Crippen molar-refractivity contribution < 1.29 is 4.79 Å². The number of aryl methyl sites for hydroxylation is 1. The van der Waals surface area contributed by atoms with E-state index in [1.54, 1.807) is 17.2 Å². The van der Waals surface area contributed by atoms with Crippen LogP contribution in [-0.2, 0) is 18.4 Å². The SMILES string of the molecule is C[C@@H]1CN(c2ccccn2)C[C@H]1C(=O)NCc1ncn(C)n1. The number of pyridine rings is 1. The third-order valence-electron chi connectivity index (χ3n) is 3.99. The van der Waals surface area contributed by atoms with Gasteiger partial charge in [0.1, 0.15) is 12.1 Å². The van der Waals surface area contributed by atoms with Gasteiger partial charge in [0, 0.05) is 26.3 Å². The van der Waals surface area contributed by atoms with Gasteiger partial charge < -0.3 is 10.2 Å². The first-order valence-corrected chi connectivity index (χ1v) is 7.41. The minimum atomic E-state index is -0.0364. The summed E-state index contributed by atoms with van der Waals surface area (Å²) < 4.78 is 1.63. The maximum absolute atomic E-state index is 12.4. The Bertz CT molecular complexity index is 640. The molecule has 7 heteroatoms. The molecule has 2 atom stereocenters. The Hall–Kier alpha value is -2.44. The van der Waals surface area contributed by atoms with Gasteiger partial charge in [-0.05, 0) is 18.1 Å². The van der Waals surface area contributed by atoms with Crippen molar-refractivity contribution in [3.8, 4) is 0 Å². The number of hydrogen-bond acceptors (Lipinski definition) is 5. The zero-order valence-corrected chi connectivity index (χ0v) is 12.8. The molecule has 1 fully saturated rings. The largest absolute Gasteiger partial charge is 0.356 e. The molecule has 1 aliphatic heterocycles. The minimum Gasteiger partial charge on any atom is -0.356 e. The normalized spacial score (nSPS) is 21.1. The van der Waals surface area contributed by atoms with Gasteiger partial charge in [0.15, 0.2) is 5.82 Å². The Labute approximate surface area is 129 Å². The molecule has 2 aromatic rings. The van der Waals surface area contributed by atoms with Crippen LogP contribution in [0.5, 0.6) is 0 Å². The van der Waals surface area contributed by atoms with Crippen LogP contribution < -0.4 is 10.2 Å². The lowest BCUT2D eigenvalue weighted by molar-refractivity contribution is -0.125. The highest BCUT2D eigenvalue weighted by Gasteiger charge is 2.35. The van der Waals surface area contributed by atoms with Crippen LogP contribution in [0.1, 0.15) is 12.7 Å². The van der Waals surface area contributed by atoms with Gasteiger partial charge in [-0.2, -0.15) is 5.10 Å². The molecule has 0 unspecified atom stereocenters. The molecule has 2 aromatic heterocycles. The summed E-state index contributed by atoms with van der Waals surface area (Å²) in [6, 6.07) is 5.84. The number of nitrogens with zero attached hydrogens (tertiary/aromatic N) is 5. The van der Waals surface area contributed by atoms with E-state index in [1.807, 2.05) is 25.2 Å². The fourth-order valence-corrected chi connectivity index (χ4v) is 2.80. The third-order valence-corrected chi connectivity index (χ3v) is 3.99. The Morgan fingerprint density at radius 2 is 2.23 bits per heavy atom. The van der Waals surface area contributed by atoms with Crippen LogP contribution in [0, 0.1) is 11.8 Å². The molecule has 1 amide bonds. The van der Waals surface area contributed by atoms with Crippen molar-refractivity contribution in [2.45, 2.75) is 13.5 Å². The molecule has 0 aliphatic carbocycles. The second-order valence-electron chi connectivity index (χ2n) is 5.73. The molecule has 0 radical (unpaired) electrons. The molecule has 0 bridgehead atoms. The van der Waals surface area contributed by atoms with Crippen LogP contribution in [0.15, 0.2) is 30.7 Å². The van der Waals surface area contributed by atoms with E-state index in [9.17, 15) is 4.79 Å². The van der Waals surface area contributed by atoms with Crippen molar-refractivity contribution in [1.82, 2.24) is 25.1 Å². The lowest BCUT2D eigenvalue weighted by Gasteiger charge is -2.16. The van der Waals surface area contributed by atoms with Gasteiger partial charge in [-0.3, -0.25) is 9.48 Å². The molecule has 3 heterocycles. The van der Waals surface area contributed by atoms with Gasteiger partial charge in [0.2, 0.25) is 5.91 Å². The molecule has 0 aromatic carbocycles. The highest BCUT2D eigenvalue weighted by molar-refractivity contribution is 5.80. The third kappa shape index (κ3) is 3.08. The Morgan fingerprint density at radius 1 is 1.36 bits per heavy atom. The molecule has 22 heavy (non-hydrogen) atoms. The summed E-state index contributed by atoms with van der Waals surface area (Å²) in [5.74, 6) is 1.86. The molecular formula is C15H20N6O. The van der Waals surface area contributed by atoms with E-state index < -0.39 is 0 Å². The fourth-order valence-electron chi connectivity index (χ4n) is 2.80. The predicted molar refractivity (Wildman–Crippen MR) is 82.0 cm³/mol. The van der Waals surface area contributed by atoms with E-state index in [0.717, 1.165) is 12.4 Å². The zero-order chi connectivity index (χ0) is 15.5. The standard InChI is InChI=1S/C15H20N6O/c1-11-8-21(14-5-3-4-6-16-14)9-12(11)15(22)17-7-13-18-10-20(2)19-13/h3-6,10-12H,7-9H2,1-2H3,(H,17,22)/t11-,12-/m1/s1. The van der Waals surface area contributed by atoms with E-state index >= 15 is 0 Å². The van der Waals surface area contributed by atoms with Gasteiger partial charge in [-0.15, -0.1) is 0 Å². The van der Waals surface area contributed by atoms with E-state index in [1.165, 1.54) is 0 Å². The van der Waals surface area contributed by atoms with Crippen LogP contribution >= 0.6 is 0 Å². The van der Waals surface area contributed by atoms with Crippen LogP contribution in [0.4, 0.5) is 5.82 Å². The van der Waals surface area contributed by atoms with Crippen LogP contribution in [-0.4, -0.2) is 38.7 Å². The number of anilines is 1. The lowest BCUT2D eigenvalue weighted by Crippen LogP contribution is -2.34. The van der Waals surface area contributed by atoms with Crippen LogP contribution in [0.3, 0.4) is 0 Å². The van der Waals surface area contributed by atoms with Crippen molar-refractivity contribution in [3.63, 3.8) is 0 Å². The quantitative estimate of drug-likeness (QED) is 0.895. The van der Waals surface area contributed by atoms with E-state index in [2.05, 4.69) is 32.2 Å². The summed E-state index contributed by atoms with van der Waals surface area (Å²) in [6.07, 6.45) is 3.41. The Morgan fingerprint density at radius 3 is 2.91 bits per heavy atom. The maximum Gasteiger partial charge on any atom is 0.225 e. The second-order valence-corrected chi connectivity index (χ2v) is 5.73. The molecule has 0 spiro atoms. The highest BCUT2D eigenvalue weighted by Crippen LogP contribution is 2.26. The number of rotatable bonds is 4. The number of aromatic nitrogens is 4. The first-order valence-electron chi connectivity index (χ1n) is 7.41. The van der Waals surface area contributed by atoms with Crippen molar-refractivity contribution in [2.24, 2.45) is 18.9 Å². The molecule has 7 nitrogen and oxygen atoms in total. The smallest absolute Gasteiger partial charge is 0.225 e. The van der Waals surface area contributed by atoms with Gasteiger partial charge in [0.25, 0.3) is 0 Å². The van der Waals surface area contributed by atoms with E-state index in [0.29, 0.717) is 24.8 Å². The number of hydrogen-bond donors (Lipinski definition) is 1. The van der Waals surface area contributed by atoms with Gasteiger partial charge >= 0.3 is 0 Å². The summed E-state index contributed by atoms with van der Waals surface area (Å²) in [6.45, 7) is 4.01. The van der Waals surface area contributed by atoms with Crippen molar-refractivity contribution in [3.05, 3.63) is 36.5 Å². The first-order chi connectivity index (χ1) is 10.6. The summed E-state index contributed by atoms with van der Waals surface area (Å²) >= 11 is 0. The Kier molecular flexibility index (Phi) is 4.04. The maximum atomic E-state index is 12.4. The molecular weight excluding hydrogens is 280 g/mol. The first kappa shape index (κ1) is 14.5. The molecule has 1 N–H and O–H groups in total. The zero-order valence-electron chi connectivity index (χ0n) is 12.8. The number of amides is 1. The van der Waals surface area contributed by atoms with E-state index in [4.69, 9.17) is 0 Å². The minimum absolute atomic E-state index is 0.0364. The fraction of sp³-hybridized carbons (Fsp3) is 0.467. The highest BCUT2D eigenvalue weighted by atomic mass is 16.2. The number of nitrogens with one attached hydrogen (secondary N) is 1. The summed E-state index contributed by atoms with van der Waals surface area (Å²) in [4.78, 5) is 23.0. The number of carbonyl (C=O) groups excluding carboxylic acids is 1. The number of carbonyl (C=O) groups is 1. The van der Waals surface area contributed by atoms with Crippen LogP contribution in [0.2, 0.25) is 0 Å². The predicted octanol–water partition coefficient (Wildman–Crippen LogP) is 0.599. The lowest BCUT2D eigenvalue weighted by atomic mass is 9.97. The average molecular weight is 300 g/mol. The van der Waals surface area contributed by atoms with Gasteiger partial charge in [0.05, 0.1) is 12.5 Å². The molecule has 3 rings (SSSR count). The summed E-state index contributed by atoms with van der Waals surface area (Å²) in [5, 5.41) is 7.09. The van der Waals surface area contributed by atoms with Gasteiger partial charge in [-0.1, -0.05) is 13.0 Å². The molecule has 116 valence electrons. The Balaban J connectivity index is 1.58. The monoisotopic (exact) mass is 300 g/mol. The molecule has 1 saturated heterocycles. The summed E-state index contributed by atoms with van der Waals surface area (Å²) in [7, 11) is 1.81.